The van der Waals surface area contributed by atoms with Crippen LogP contribution in [-0.2, 0) is 17.8 Å². The minimum Gasteiger partial charge on any atom is -0.494 e. The van der Waals surface area contributed by atoms with Gasteiger partial charge in [0.05, 0.1) is 19.8 Å². The van der Waals surface area contributed by atoms with Crippen molar-refractivity contribution in [1.29, 1.82) is 0 Å². The Hall–Kier alpha value is -3.62. The summed E-state index contributed by atoms with van der Waals surface area (Å²) < 4.78 is 22.8. The van der Waals surface area contributed by atoms with Gasteiger partial charge in [-0.3, -0.25) is 4.79 Å². The molecule has 1 heterocycles. The standard InChI is InChI=1S/C26H35N3O6/c1-6-32-21-10-9-20(14-24(21)34-8-3)28-25(30)16-29(5)26(31)27-15-19-13-23-18(11-17(4)35-23)12-22(19)33-7-2/h9-10,12-14,17H,6-8,11,15-16H2,1-5H3,(H,27,31)(H,28,30). The lowest BCUT2D eigenvalue weighted by Gasteiger charge is -2.19. The number of nitrogens with one attached hydrogen (secondary N) is 2. The van der Waals surface area contributed by atoms with E-state index in [1.165, 1.54) is 4.90 Å². The van der Waals surface area contributed by atoms with Crippen molar-refractivity contribution in [2.75, 3.05) is 38.7 Å². The van der Waals surface area contributed by atoms with Gasteiger partial charge in [-0.25, -0.2) is 4.79 Å². The normalized spacial score (nSPS) is 13.9. The second kappa shape index (κ2) is 12.2. The molecule has 0 bridgehead atoms. The van der Waals surface area contributed by atoms with Gasteiger partial charge in [-0.05, 0) is 52.0 Å². The summed E-state index contributed by atoms with van der Waals surface area (Å²) in [6.45, 7) is 9.34. The highest BCUT2D eigenvalue weighted by atomic mass is 16.5. The summed E-state index contributed by atoms with van der Waals surface area (Å²) in [5, 5.41) is 5.65. The molecule has 0 aliphatic carbocycles. The van der Waals surface area contributed by atoms with E-state index in [9.17, 15) is 9.59 Å². The SMILES string of the molecule is CCOc1cc2c(cc1CNC(=O)N(C)CC(=O)Nc1ccc(OCC)c(OCC)c1)OC(C)C2. The Balaban J connectivity index is 1.57. The molecule has 35 heavy (non-hydrogen) atoms. The maximum Gasteiger partial charge on any atom is 0.317 e. The summed E-state index contributed by atoms with van der Waals surface area (Å²) in [6.07, 6.45) is 0.953. The van der Waals surface area contributed by atoms with Gasteiger partial charge >= 0.3 is 6.03 Å². The van der Waals surface area contributed by atoms with Crippen molar-refractivity contribution in [3.8, 4) is 23.0 Å². The molecule has 9 heteroatoms. The van der Waals surface area contributed by atoms with Crippen LogP contribution in [0.3, 0.4) is 0 Å². The zero-order valence-electron chi connectivity index (χ0n) is 21.1. The summed E-state index contributed by atoms with van der Waals surface area (Å²) in [4.78, 5) is 26.5. The van der Waals surface area contributed by atoms with Gasteiger partial charge in [0.1, 0.15) is 24.1 Å². The van der Waals surface area contributed by atoms with E-state index >= 15 is 0 Å². The summed E-state index contributed by atoms with van der Waals surface area (Å²) >= 11 is 0. The van der Waals surface area contributed by atoms with Gasteiger partial charge in [0.25, 0.3) is 0 Å². The van der Waals surface area contributed by atoms with Gasteiger partial charge < -0.3 is 34.5 Å². The smallest absolute Gasteiger partial charge is 0.317 e. The van der Waals surface area contributed by atoms with Crippen LogP contribution in [0.25, 0.3) is 0 Å². The van der Waals surface area contributed by atoms with E-state index in [0.29, 0.717) is 37.0 Å². The first-order valence-corrected chi connectivity index (χ1v) is 12.0. The molecule has 2 aromatic rings. The average molecular weight is 486 g/mol. The summed E-state index contributed by atoms with van der Waals surface area (Å²) in [5.74, 6) is 2.38. The fraction of sp³-hybridized carbons (Fsp3) is 0.462. The number of nitrogens with zero attached hydrogens (tertiary/aromatic N) is 1. The third-order valence-corrected chi connectivity index (χ3v) is 5.36. The second-order valence-electron chi connectivity index (χ2n) is 8.22. The first kappa shape index (κ1) is 26.0. The largest absolute Gasteiger partial charge is 0.494 e. The van der Waals surface area contributed by atoms with E-state index in [1.807, 2.05) is 39.8 Å². The minimum absolute atomic E-state index is 0.119. The van der Waals surface area contributed by atoms with Crippen LogP contribution in [0.4, 0.5) is 10.5 Å². The number of amides is 3. The Kier molecular flexibility index (Phi) is 9.05. The molecule has 3 rings (SSSR count). The van der Waals surface area contributed by atoms with Crippen molar-refractivity contribution >= 4 is 17.6 Å². The topological polar surface area (TPSA) is 98.4 Å². The number of carbonyl (C=O) groups excluding carboxylic acids is 2. The average Bonchev–Trinajstić information content (AvgIpc) is 3.18. The Bertz CT molecular complexity index is 1040. The molecule has 3 amide bonds. The lowest BCUT2D eigenvalue weighted by molar-refractivity contribution is -0.116. The molecular weight excluding hydrogens is 450 g/mol. The van der Waals surface area contributed by atoms with Gasteiger partial charge in [-0.15, -0.1) is 0 Å². The van der Waals surface area contributed by atoms with Crippen LogP contribution in [0, 0.1) is 0 Å². The van der Waals surface area contributed by atoms with E-state index in [1.54, 1.807) is 25.2 Å². The maximum atomic E-state index is 12.6. The zero-order chi connectivity index (χ0) is 25.4. The van der Waals surface area contributed by atoms with Crippen LogP contribution < -0.4 is 29.6 Å². The van der Waals surface area contributed by atoms with Crippen molar-refractivity contribution in [2.45, 2.75) is 46.8 Å². The van der Waals surface area contributed by atoms with E-state index in [2.05, 4.69) is 10.6 Å². The highest BCUT2D eigenvalue weighted by Gasteiger charge is 2.22. The molecule has 9 nitrogen and oxygen atoms in total. The fourth-order valence-corrected chi connectivity index (χ4v) is 3.83. The predicted molar refractivity (Wildman–Crippen MR) is 134 cm³/mol. The molecule has 0 fully saturated rings. The first-order valence-electron chi connectivity index (χ1n) is 12.0. The number of urea groups is 1. The number of anilines is 1. The van der Waals surface area contributed by atoms with Crippen LogP contribution in [0.15, 0.2) is 30.3 Å². The molecular formula is C26H35N3O6. The highest BCUT2D eigenvalue weighted by Crippen LogP contribution is 2.35. The molecule has 0 aromatic heterocycles. The summed E-state index contributed by atoms with van der Waals surface area (Å²) in [7, 11) is 1.57. The minimum atomic E-state index is -0.376. The van der Waals surface area contributed by atoms with Gasteiger partial charge in [0.15, 0.2) is 11.5 Å². The fourth-order valence-electron chi connectivity index (χ4n) is 3.83. The number of fused-ring (bicyclic) bond motifs is 1. The Labute approximate surface area is 206 Å². The number of ether oxygens (including phenoxy) is 4. The van der Waals surface area contributed by atoms with Gasteiger partial charge in [-0.1, -0.05) is 0 Å². The molecule has 2 aromatic carbocycles. The third-order valence-electron chi connectivity index (χ3n) is 5.36. The van der Waals surface area contributed by atoms with Gasteiger partial charge in [-0.2, -0.15) is 0 Å². The number of benzene rings is 2. The monoisotopic (exact) mass is 485 g/mol. The first-order chi connectivity index (χ1) is 16.8. The third kappa shape index (κ3) is 6.94. The van der Waals surface area contributed by atoms with Crippen LogP contribution in [0.5, 0.6) is 23.0 Å². The maximum absolute atomic E-state index is 12.6. The predicted octanol–water partition coefficient (Wildman–Crippen LogP) is 3.99. The van der Waals surface area contributed by atoms with Crippen molar-refractivity contribution < 1.29 is 28.5 Å². The van der Waals surface area contributed by atoms with E-state index in [4.69, 9.17) is 18.9 Å². The van der Waals surface area contributed by atoms with Gasteiger partial charge in [0.2, 0.25) is 5.91 Å². The van der Waals surface area contributed by atoms with E-state index in [-0.39, 0.29) is 31.1 Å². The van der Waals surface area contributed by atoms with Crippen LogP contribution in [0.1, 0.15) is 38.8 Å². The zero-order valence-corrected chi connectivity index (χ0v) is 21.1. The molecule has 0 saturated carbocycles. The molecule has 2 N–H and O–H groups in total. The highest BCUT2D eigenvalue weighted by molar-refractivity contribution is 5.94. The lowest BCUT2D eigenvalue weighted by atomic mass is 10.1. The Morgan fingerprint density at radius 1 is 1.00 bits per heavy atom. The quantitative estimate of drug-likeness (QED) is 0.500. The Morgan fingerprint density at radius 2 is 1.69 bits per heavy atom. The second-order valence-corrected chi connectivity index (χ2v) is 8.22. The van der Waals surface area contributed by atoms with E-state index in [0.717, 1.165) is 29.0 Å². The number of carbonyl (C=O) groups is 2. The van der Waals surface area contributed by atoms with Crippen LogP contribution in [-0.4, -0.2) is 56.4 Å². The number of likely N-dealkylation sites (N-methyl/N-ethyl adjacent to an activating group) is 1. The number of hydrogen-bond acceptors (Lipinski definition) is 6. The van der Waals surface area contributed by atoms with Crippen molar-refractivity contribution in [3.05, 3.63) is 41.5 Å². The number of hydrogen-bond donors (Lipinski definition) is 2. The Morgan fingerprint density at radius 3 is 2.40 bits per heavy atom. The molecule has 0 spiro atoms. The lowest BCUT2D eigenvalue weighted by Crippen LogP contribution is -2.41. The van der Waals surface area contributed by atoms with Gasteiger partial charge in [0, 0.05) is 42.9 Å². The van der Waals surface area contributed by atoms with Crippen molar-refractivity contribution in [2.24, 2.45) is 0 Å². The molecule has 1 aliphatic heterocycles. The van der Waals surface area contributed by atoms with Crippen molar-refractivity contribution in [3.63, 3.8) is 0 Å². The van der Waals surface area contributed by atoms with Crippen molar-refractivity contribution in [1.82, 2.24) is 10.2 Å². The van der Waals surface area contributed by atoms with E-state index < -0.39 is 0 Å². The summed E-state index contributed by atoms with van der Waals surface area (Å²) in [5.41, 5.74) is 2.49. The molecule has 1 aliphatic rings. The molecule has 0 saturated heterocycles. The van der Waals surface area contributed by atoms with Crippen LogP contribution in [0.2, 0.25) is 0 Å². The number of rotatable bonds is 11. The summed E-state index contributed by atoms with van der Waals surface area (Å²) in [6, 6.07) is 8.71. The molecule has 0 radical (unpaired) electrons. The molecule has 1 atom stereocenters. The molecule has 1 unspecified atom stereocenters. The van der Waals surface area contributed by atoms with Crippen LogP contribution >= 0.6 is 0 Å². The molecule has 190 valence electrons.